The highest BCUT2D eigenvalue weighted by Gasteiger charge is 2.42. The van der Waals surface area contributed by atoms with Crippen molar-refractivity contribution >= 4 is 22.5 Å². The standard InChI is InChI=1S/C20H19NO8S.C16H36N/c22-19(23)18-9-12(29-30(25,26)27)10-21(18)20(24)28-11-17-15-7-3-1-5-13(15)14-6-2-4-8-16(14)17;1-5-9-13-17(14-10-6-2,15-11-7-3)16-12-8-4/h1-8,12,17-18H,9-11H2,(H,22,23)(H,25,26,27);5-16H2,1-4H3/q;+1/p-1/t12-,18+;/m1./s1. The van der Waals surface area contributed by atoms with E-state index in [0.717, 1.165) is 27.2 Å². The van der Waals surface area contributed by atoms with Crippen molar-refractivity contribution in [2.24, 2.45) is 0 Å². The maximum Gasteiger partial charge on any atom is 0.410 e. The lowest BCUT2D eigenvalue weighted by molar-refractivity contribution is -0.929. The van der Waals surface area contributed by atoms with Crippen molar-refractivity contribution in [3.63, 3.8) is 0 Å². The van der Waals surface area contributed by atoms with Gasteiger partial charge in [-0.1, -0.05) is 102 Å². The second-order valence-corrected chi connectivity index (χ2v) is 13.8. The van der Waals surface area contributed by atoms with E-state index >= 15 is 0 Å². The zero-order valence-electron chi connectivity index (χ0n) is 28.6. The minimum Gasteiger partial charge on any atom is -0.726 e. The Bertz CT molecular complexity index is 1320. The van der Waals surface area contributed by atoms with Crippen LogP contribution in [0.3, 0.4) is 0 Å². The fraction of sp³-hybridized carbons (Fsp3) is 0.611. The van der Waals surface area contributed by atoms with Gasteiger partial charge in [0.15, 0.2) is 0 Å². The van der Waals surface area contributed by atoms with E-state index in [1.54, 1.807) is 0 Å². The summed E-state index contributed by atoms with van der Waals surface area (Å²) in [5, 5.41) is 9.36. The molecular weight excluding hydrogens is 620 g/mol. The summed E-state index contributed by atoms with van der Waals surface area (Å²) in [6.07, 6.45) is 8.61. The molecule has 1 aliphatic heterocycles. The summed E-state index contributed by atoms with van der Waals surface area (Å²) in [7, 11) is -5.02. The van der Waals surface area contributed by atoms with Gasteiger partial charge in [0.25, 0.3) is 0 Å². The lowest BCUT2D eigenvalue weighted by Gasteiger charge is -2.39. The number of benzene rings is 2. The minimum atomic E-state index is -5.02. The molecule has 2 atom stereocenters. The summed E-state index contributed by atoms with van der Waals surface area (Å²) in [6.45, 7) is 14.6. The molecule has 10 nitrogen and oxygen atoms in total. The third-order valence-electron chi connectivity index (χ3n) is 9.32. The van der Waals surface area contributed by atoms with Gasteiger partial charge in [-0.15, -0.1) is 0 Å². The van der Waals surface area contributed by atoms with Crippen LogP contribution in [0.4, 0.5) is 4.79 Å². The summed E-state index contributed by atoms with van der Waals surface area (Å²) in [5.41, 5.74) is 4.10. The minimum absolute atomic E-state index is 0.0128. The molecule has 0 saturated carbocycles. The molecule has 2 aromatic carbocycles. The van der Waals surface area contributed by atoms with Crippen LogP contribution in [0, 0.1) is 0 Å². The van der Waals surface area contributed by atoms with Gasteiger partial charge in [0.1, 0.15) is 12.6 Å². The van der Waals surface area contributed by atoms with Crippen molar-refractivity contribution < 1.29 is 41.1 Å². The number of carboxylic acids is 1. The molecule has 1 saturated heterocycles. The number of nitrogens with zero attached hydrogens (tertiary/aromatic N) is 2. The Morgan fingerprint density at radius 2 is 1.28 bits per heavy atom. The molecule has 4 rings (SSSR count). The van der Waals surface area contributed by atoms with Gasteiger partial charge in [-0.25, -0.2) is 18.0 Å². The van der Waals surface area contributed by atoms with Crippen LogP contribution in [0.25, 0.3) is 11.1 Å². The van der Waals surface area contributed by atoms with Gasteiger partial charge in [0.05, 0.1) is 38.8 Å². The van der Waals surface area contributed by atoms with Crippen molar-refractivity contribution in [1.29, 1.82) is 0 Å². The second kappa shape index (κ2) is 18.5. The molecule has 2 aliphatic rings. The number of unbranched alkanes of at least 4 members (excludes halogenated alkanes) is 4. The van der Waals surface area contributed by atoms with Crippen molar-refractivity contribution in [2.45, 2.75) is 104 Å². The molecule has 0 bridgehead atoms. The zero-order chi connectivity index (χ0) is 34.5. The number of likely N-dealkylation sites (tertiary alicyclic amines) is 1. The van der Waals surface area contributed by atoms with Crippen LogP contribution in [-0.4, -0.2) is 91.0 Å². The van der Waals surface area contributed by atoms with Crippen molar-refractivity contribution in [2.75, 3.05) is 39.3 Å². The molecule has 1 N–H and O–H groups in total. The van der Waals surface area contributed by atoms with Gasteiger partial charge in [0, 0.05) is 12.3 Å². The summed E-state index contributed by atoms with van der Waals surface area (Å²) in [6, 6.07) is 14.2. The number of hydrogen-bond donors (Lipinski definition) is 1. The first-order chi connectivity index (χ1) is 22.5. The van der Waals surface area contributed by atoms with Crippen LogP contribution in [0.5, 0.6) is 0 Å². The highest BCUT2D eigenvalue weighted by molar-refractivity contribution is 7.80. The number of quaternary nitrogens is 1. The Morgan fingerprint density at radius 3 is 1.68 bits per heavy atom. The predicted molar refractivity (Wildman–Crippen MR) is 182 cm³/mol. The first kappa shape index (κ1) is 38.5. The lowest BCUT2D eigenvalue weighted by Crippen LogP contribution is -2.50. The molecule has 1 aliphatic carbocycles. The number of carboxylic acid groups (broad SMARTS) is 1. The lowest BCUT2D eigenvalue weighted by atomic mass is 9.98. The molecule has 2 aromatic rings. The Hall–Kier alpha value is -2.99. The highest BCUT2D eigenvalue weighted by Crippen LogP contribution is 2.44. The van der Waals surface area contributed by atoms with E-state index in [9.17, 15) is 27.7 Å². The predicted octanol–water partition coefficient (Wildman–Crippen LogP) is 6.94. The van der Waals surface area contributed by atoms with Gasteiger partial charge in [-0.2, -0.15) is 0 Å². The smallest absolute Gasteiger partial charge is 0.410 e. The van der Waals surface area contributed by atoms with Gasteiger partial charge in [-0.3, -0.25) is 9.08 Å². The van der Waals surface area contributed by atoms with E-state index < -0.39 is 34.6 Å². The van der Waals surface area contributed by atoms with Crippen molar-refractivity contribution in [3.8, 4) is 11.1 Å². The molecule has 1 fully saturated rings. The fourth-order valence-corrected chi connectivity index (χ4v) is 7.26. The van der Waals surface area contributed by atoms with Crippen molar-refractivity contribution in [1.82, 2.24) is 4.90 Å². The Labute approximate surface area is 281 Å². The van der Waals surface area contributed by atoms with Gasteiger partial charge in [-0.05, 0) is 47.9 Å². The molecular formula is C36H54N2O8S. The monoisotopic (exact) mass is 674 g/mol. The fourth-order valence-electron chi connectivity index (χ4n) is 6.79. The molecule has 0 unspecified atom stereocenters. The number of amides is 1. The maximum atomic E-state index is 12.6. The molecule has 11 heteroatoms. The van der Waals surface area contributed by atoms with Crippen LogP contribution in [0.1, 0.15) is 103 Å². The van der Waals surface area contributed by atoms with E-state index in [2.05, 4.69) is 31.9 Å². The highest BCUT2D eigenvalue weighted by atomic mass is 32.3. The topological polar surface area (TPSA) is 133 Å². The number of carbonyl (C=O) groups is 2. The molecule has 1 amide bonds. The van der Waals surface area contributed by atoms with Gasteiger partial charge >= 0.3 is 12.1 Å². The van der Waals surface area contributed by atoms with Crippen LogP contribution in [0.2, 0.25) is 0 Å². The van der Waals surface area contributed by atoms with Crippen LogP contribution < -0.4 is 0 Å². The normalized spacial score (nSPS) is 17.5. The number of fused-ring (bicyclic) bond motifs is 3. The number of carbonyl (C=O) groups excluding carboxylic acids is 1. The first-order valence-electron chi connectivity index (χ1n) is 17.3. The van der Waals surface area contributed by atoms with E-state index in [1.807, 2.05) is 48.5 Å². The quantitative estimate of drug-likeness (QED) is 0.108. The first-order valence-corrected chi connectivity index (χ1v) is 18.7. The molecule has 0 radical (unpaired) electrons. The Kier molecular flexibility index (Phi) is 15.2. The Morgan fingerprint density at radius 1 is 0.830 bits per heavy atom. The average molecular weight is 675 g/mol. The van der Waals surface area contributed by atoms with E-state index in [0.29, 0.717) is 0 Å². The SMILES string of the molecule is CCCC[N+](CCCC)(CCCC)CCCC.O=C(O)[C@@H]1C[C@@H](OS(=O)(=O)[O-])CN1C(=O)OCC1c2ccccc2-c2ccccc21. The second-order valence-electron chi connectivity index (χ2n) is 12.8. The number of rotatable bonds is 17. The average Bonchev–Trinajstić information content (AvgIpc) is 3.62. The molecule has 47 heavy (non-hydrogen) atoms. The third-order valence-corrected chi connectivity index (χ3v) is 9.82. The van der Waals surface area contributed by atoms with E-state index in [-0.39, 0.29) is 25.5 Å². The molecule has 0 spiro atoms. The summed E-state index contributed by atoms with van der Waals surface area (Å²) >= 11 is 0. The summed E-state index contributed by atoms with van der Waals surface area (Å²) < 4.78 is 43.6. The van der Waals surface area contributed by atoms with Gasteiger partial charge in [0.2, 0.25) is 10.4 Å². The molecule has 262 valence electrons. The zero-order valence-corrected chi connectivity index (χ0v) is 29.4. The largest absolute Gasteiger partial charge is 0.726 e. The number of ether oxygens (including phenoxy) is 1. The van der Waals surface area contributed by atoms with E-state index in [1.165, 1.54) is 82.0 Å². The third kappa shape index (κ3) is 11.0. The van der Waals surface area contributed by atoms with Crippen LogP contribution in [0.15, 0.2) is 48.5 Å². The summed E-state index contributed by atoms with van der Waals surface area (Å²) in [4.78, 5) is 25.0. The summed E-state index contributed by atoms with van der Waals surface area (Å²) in [5.74, 6) is -1.54. The Balaban J connectivity index is 0.000000303. The van der Waals surface area contributed by atoms with Crippen molar-refractivity contribution in [3.05, 3.63) is 59.7 Å². The van der Waals surface area contributed by atoms with E-state index in [4.69, 9.17) is 4.74 Å². The number of aliphatic carboxylic acids is 1. The maximum absolute atomic E-state index is 12.6. The molecule has 1 heterocycles. The van der Waals surface area contributed by atoms with Gasteiger partial charge < -0.3 is 18.9 Å². The van der Waals surface area contributed by atoms with Crippen LogP contribution in [-0.2, 0) is 24.1 Å². The molecule has 0 aromatic heterocycles. The van der Waals surface area contributed by atoms with Crippen LogP contribution >= 0.6 is 0 Å². The number of hydrogen-bond acceptors (Lipinski definition) is 7.